The molecule has 3 aromatic rings. The van der Waals surface area contributed by atoms with Crippen molar-refractivity contribution in [2.24, 2.45) is 0 Å². The zero-order valence-corrected chi connectivity index (χ0v) is 17.4. The maximum atomic E-state index is 13.2. The molecule has 0 saturated heterocycles. The summed E-state index contributed by atoms with van der Waals surface area (Å²) < 4.78 is 7.50. The van der Waals surface area contributed by atoms with Gasteiger partial charge in [-0.15, -0.1) is 0 Å². The second kappa shape index (κ2) is 7.91. The predicted molar refractivity (Wildman–Crippen MR) is 118 cm³/mol. The Balaban J connectivity index is 1.47. The van der Waals surface area contributed by atoms with Crippen LogP contribution in [0.25, 0.3) is 5.69 Å². The number of amides is 2. The smallest absolute Gasteiger partial charge is 0.276 e. The number of hydrogen-bond acceptors (Lipinski definition) is 4. The zero-order valence-electron chi connectivity index (χ0n) is 17.4. The zero-order chi connectivity index (χ0) is 21.4. The largest absolute Gasteiger partial charge is 0.479 e. The van der Waals surface area contributed by atoms with Crippen LogP contribution in [-0.2, 0) is 17.6 Å². The van der Waals surface area contributed by atoms with Gasteiger partial charge in [-0.05, 0) is 62.9 Å². The highest BCUT2D eigenvalue weighted by Crippen LogP contribution is 2.33. The Morgan fingerprint density at radius 2 is 1.94 bits per heavy atom. The Hall–Kier alpha value is -3.61. The number of carbonyl (C=O) groups excluding carboxylic acids is 2. The van der Waals surface area contributed by atoms with Crippen molar-refractivity contribution in [3.8, 4) is 11.4 Å². The molecule has 7 nitrogen and oxygen atoms in total. The van der Waals surface area contributed by atoms with Gasteiger partial charge in [0.1, 0.15) is 5.75 Å². The van der Waals surface area contributed by atoms with Crippen molar-refractivity contribution in [1.82, 2.24) is 9.78 Å². The highest BCUT2D eigenvalue weighted by molar-refractivity contribution is 6.05. The number of benzene rings is 2. The third-order valence-corrected chi connectivity index (χ3v) is 5.81. The number of nitrogens with one attached hydrogen (secondary N) is 2. The first kappa shape index (κ1) is 19.4. The van der Waals surface area contributed by atoms with Gasteiger partial charge in [0.2, 0.25) is 0 Å². The van der Waals surface area contributed by atoms with Crippen LogP contribution in [0.1, 0.15) is 47.9 Å². The lowest BCUT2D eigenvalue weighted by Crippen LogP contribution is -2.34. The quantitative estimate of drug-likeness (QED) is 0.629. The normalized spacial score (nSPS) is 17.6. The molecule has 0 bridgehead atoms. The molecule has 0 spiro atoms. The molecule has 1 aromatic heterocycles. The molecule has 2 aliphatic rings. The molecule has 158 valence electrons. The van der Waals surface area contributed by atoms with E-state index in [-0.39, 0.29) is 11.8 Å². The number of ether oxygens (including phenoxy) is 1. The van der Waals surface area contributed by atoms with E-state index < -0.39 is 6.10 Å². The van der Waals surface area contributed by atoms with Gasteiger partial charge >= 0.3 is 0 Å². The van der Waals surface area contributed by atoms with E-state index >= 15 is 0 Å². The van der Waals surface area contributed by atoms with Gasteiger partial charge in [-0.25, -0.2) is 4.68 Å². The van der Waals surface area contributed by atoms with E-state index in [2.05, 4.69) is 10.6 Å². The fourth-order valence-corrected chi connectivity index (χ4v) is 4.22. The van der Waals surface area contributed by atoms with E-state index in [1.54, 1.807) is 25.1 Å². The number of anilines is 2. The lowest BCUT2D eigenvalue weighted by Gasteiger charge is -2.23. The maximum Gasteiger partial charge on any atom is 0.276 e. The van der Waals surface area contributed by atoms with Gasteiger partial charge in [0.25, 0.3) is 11.8 Å². The Bertz CT molecular complexity index is 1150. The summed E-state index contributed by atoms with van der Waals surface area (Å²) in [5, 5.41) is 10.5. The van der Waals surface area contributed by atoms with Gasteiger partial charge in [0.15, 0.2) is 11.8 Å². The van der Waals surface area contributed by atoms with E-state index in [1.807, 2.05) is 35.0 Å². The van der Waals surface area contributed by atoms with Crippen molar-refractivity contribution < 1.29 is 14.3 Å². The molecule has 1 aliphatic heterocycles. The number of para-hydroxylation sites is 1. The van der Waals surface area contributed by atoms with Crippen LogP contribution in [0.3, 0.4) is 0 Å². The van der Waals surface area contributed by atoms with Gasteiger partial charge in [-0.3, -0.25) is 9.59 Å². The summed E-state index contributed by atoms with van der Waals surface area (Å²) in [6, 6.07) is 15.2. The van der Waals surface area contributed by atoms with E-state index in [0.717, 1.165) is 49.0 Å². The van der Waals surface area contributed by atoms with Gasteiger partial charge < -0.3 is 15.4 Å². The molecule has 1 atom stereocenters. The third kappa shape index (κ3) is 3.67. The molecule has 31 heavy (non-hydrogen) atoms. The molecule has 7 heteroatoms. The minimum atomic E-state index is -0.537. The molecule has 2 aromatic carbocycles. The number of aromatic nitrogens is 2. The molecule has 0 fully saturated rings. The lowest BCUT2D eigenvalue weighted by molar-refractivity contribution is -0.122. The van der Waals surface area contributed by atoms with Crippen LogP contribution in [-0.4, -0.2) is 27.7 Å². The molecular formula is C24H24N4O3. The van der Waals surface area contributed by atoms with Crippen molar-refractivity contribution in [1.29, 1.82) is 0 Å². The number of hydrogen-bond donors (Lipinski definition) is 2. The Kier molecular flexibility index (Phi) is 4.94. The Labute approximate surface area is 180 Å². The topological polar surface area (TPSA) is 85.2 Å². The second-order valence-corrected chi connectivity index (χ2v) is 8.00. The van der Waals surface area contributed by atoms with E-state index in [4.69, 9.17) is 9.84 Å². The highest BCUT2D eigenvalue weighted by Gasteiger charge is 2.26. The average molecular weight is 416 g/mol. The van der Waals surface area contributed by atoms with Crippen molar-refractivity contribution in [3.05, 3.63) is 65.5 Å². The lowest BCUT2D eigenvalue weighted by atomic mass is 10.1. The second-order valence-electron chi connectivity index (χ2n) is 8.00. The van der Waals surface area contributed by atoms with Crippen molar-refractivity contribution >= 4 is 23.2 Å². The minimum Gasteiger partial charge on any atom is -0.479 e. The van der Waals surface area contributed by atoms with Crippen LogP contribution in [0.15, 0.2) is 48.5 Å². The maximum absolute atomic E-state index is 13.2. The summed E-state index contributed by atoms with van der Waals surface area (Å²) >= 11 is 0. The standard InChI is InChI=1S/C24H24N4O3/c1-15-23(29)26-19-14-16(12-13-21(19)31-15)25-24(30)22-18-10-6-3-7-11-20(18)28(27-22)17-8-4-2-5-9-17/h2,4-5,8-9,12-15H,3,6-7,10-11H2,1H3,(H,25,30)(H,26,29). The summed E-state index contributed by atoms with van der Waals surface area (Å²) in [4.78, 5) is 25.1. The van der Waals surface area contributed by atoms with Gasteiger partial charge in [0, 0.05) is 16.9 Å². The van der Waals surface area contributed by atoms with E-state index in [1.165, 1.54) is 0 Å². The van der Waals surface area contributed by atoms with Crippen LogP contribution in [0.5, 0.6) is 5.75 Å². The monoisotopic (exact) mass is 416 g/mol. The van der Waals surface area contributed by atoms with Crippen LogP contribution < -0.4 is 15.4 Å². The van der Waals surface area contributed by atoms with Crippen molar-refractivity contribution in [2.45, 2.75) is 45.1 Å². The van der Waals surface area contributed by atoms with E-state index in [0.29, 0.717) is 22.8 Å². The Morgan fingerprint density at radius 3 is 2.77 bits per heavy atom. The SMILES string of the molecule is CC1Oc2ccc(NC(=O)c3nn(-c4ccccc4)c4c3CCCCC4)cc2NC1=O. The molecule has 0 saturated carbocycles. The molecular weight excluding hydrogens is 392 g/mol. The number of fused-ring (bicyclic) bond motifs is 2. The van der Waals surface area contributed by atoms with Crippen LogP contribution in [0.2, 0.25) is 0 Å². The van der Waals surface area contributed by atoms with Crippen LogP contribution >= 0.6 is 0 Å². The third-order valence-electron chi connectivity index (χ3n) is 5.81. The number of carbonyl (C=O) groups is 2. The summed E-state index contributed by atoms with van der Waals surface area (Å²) in [6.07, 6.45) is 4.50. The number of rotatable bonds is 3. The Morgan fingerprint density at radius 1 is 1.13 bits per heavy atom. The molecule has 2 N–H and O–H groups in total. The van der Waals surface area contributed by atoms with Crippen LogP contribution in [0, 0.1) is 0 Å². The van der Waals surface area contributed by atoms with Gasteiger partial charge in [-0.2, -0.15) is 5.10 Å². The predicted octanol–water partition coefficient (Wildman–Crippen LogP) is 4.11. The fraction of sp³-hybridized carbons (Fsp3) is 0.292. The summed E-state index contributed by atoms with van der Waals surface area (Å²) in [5.74, 6) is 0.138. The minimum absolute atomic E-state index is 0.206. The van der Waals surface area contributed by atoms with Crippen LogP contribution in [0.4, 0.5) is 11.4 Å². The van der Waals surface area contributed by atoms with Gasteiger partial charge in [-0.1, -0.05) is 24.6 Å². The first-order chi connectivity index (χ1) is 15.1. The van der Waals surface area contributed by atoms with Gasteiger partial charge in [0.05, 0.1) is 11.4 Å². The summed E-state index contributed by atoms with van der Waals surface area (Å²) in [5.41, 5.74) is 4.71. The van der Waals surface area contributed by atoms with Crippen molar-refractivity contribution in [3.63, 3.8) is 0 Å². The fourth-order valence-electron chi connectivity index (χ4n) is 4.22. The molecule has 2 heterocycles. The first-order valence-electron chi connectivity index (χ1n) is 10.7. The number of nitrogens with zero attached hydrogens (tertiary/aromatic N) is 2. The van der Waals surface area contributed by atoms with Crippen molar-refractivity contribution in [2.75, 3.05) is 10.6 Å². The molecule has 2 amide bonds. The summed E-state index contributed by atoms with van der Waals surface area (Å²) in [6.45, 7) is 1.70. The average Bonchev–Trinajstić information content (AvgIpc) is 2.96. The molecule has 5 rings (SSSR count). The molecule has 0 radical (unpaired) electrons. The highest BCUT2D eigenvalue weighted by atomic mass is 16.5. The molecule has 1 aliphatic carbocycles. The van der Waals surface area contributed by atoms with E-state index in [9.17, 15) is 9.59 Å². The summed E-state index contributed by atoms with van der Waals surface area (Å²) in [7, 11) is 0. The molecule has 1 unspecified atom stereocenters. The first-order valence-corrected chi connectivity index (χ1v) is 10.7.